The van der Waals surface area contributed by atoms with Crippen molar-refractivity contribution in [3.8, 4) is 12.1 Å². The molecule has 0 aromatic heterocycles. The van der Waals surface area contributed by atoms with Gasteiger partial charge in [0.25, 0.3) is 0 Å². The molecule has 0 radical (unpaired) electrons. The fourth-order valence-corrected chi connectivity index (χ4v) is 2.12. The van der Waals surface area contributed by atoms with Gasteiger partial charge in [-0.05, 0) is 24.6 Å². The zero-order valence-corrected chi connectivity index (χ0v) is 11.2. The number of benzene rings is 1. The standard InChI is InChI=1S/C14H12ClN3O/c1-2-18-9-13(10-3-5-12(15)6-4-10)19-14(18)11(7-16)8-17/h3-6,13H,2,9H2,1H3. The monoisotopic (exact) mass is 273 g/mol. The van der Waals surface area contributed by atoms with Crippen LogP contribution in [0.4, 0.5) is 0 Å². The van der Waals surface area contributed by atoms with Crippen LogP contribution in [-0.4, -0.2) is 18.0 Å². The minimum Gasteiger partial charge on any atom is -0.468 e. The molecule has 1 aliphatic heterocycles. The summed E-state index contributed by atoms with van der Waals surface area (Å²) in [7, 11) is 0. The lowest BCUT2D eigenvalue weighted by atomic mass is 10.1. The van der Waals surface area contributed by atoms with Crippen molar-refractivity contribution in [2.75, 3.05) is 13.1 Å². The Morgan fingerprint density at radius 2 is 2.00 bits per heavy atom. The third-order valence-corrected chi connectivity index (χ3v) is 3.24. The molecule has 1 unspecified atom stereocenters. The first-order valence-electron chi connectivity index (χ1n) is 5.91. The fraction of sp³-hybridized carbons (Fsp3) is 0.286. The van der Waals surface area contributed by atoms with Crippen LogP contribution in [0.3, 0.4) is 0 Å². The zero-order chi connectivity index (χ0) is 13.8. The van der Waals surface area contributed by atoms with Gasteiger partial charge in [0, 0.05) is 11.6 Å². The second-order valence-corrected chi connectivity index (χ2v) is 4.54. The molecule has 1 heterocycles. The van der Waals surface area contributed by atoms with Gasteiger partial charge in [0.2, 0.25) is 5.88 Å². The van der Waals surface area contributed by atoms with Crippen molar-refractivity contribution in [2.24, 2.45) is 0 Å². The summed E-state index contributed by atoms with van der Waals surface area (Å²) in [5, 5.41) is 18.5. The molecule has 1 aromatic carbocycles. The molecule has 2 rings (SSSR count). The predicted molar refractivity (Wildman–Crippen MR) is 70.8 cm³/mol. The summed E-state index contributed by atoms with van der Waals surface area (Å²) in [6.07, 6.45) is -0.177. The van der Waals surface area contributed by atoms with Gasteiger partial charge < -0.3 is 9.64 Å². The Morgan fingerprint density at radius 3 is 2.53 bits per heavy atom. The summed E-state index contributed by atoms with van der Waals surface area (Å²) in [6.45, 7) is 3.27. The van der Waals surface area contributed by atoms with Crippen molar-refractivity contribution in [2.45, 2.75) is 13.0 Å². The molecule has 0 bridgehead atoms. The van der Waals surface area contributed by atoms with E-state index < -0.39 is 0 Å². The maximum absolute atomic E-state index is 8.94. The second kappa shape index (κ2) is 5.65. The Kier molecular flexibility index (Phi) is 3.94. The van der Waals surface area contributed by atoms with Crippen molar-refractivity contribution >= 4 is 11.6 Å². The molecule has 0 aliphatic carbocycles. The molecule has 0 N–H and O–H groups in total. The largest absolute Gasteiger partial charge is 0.468 e. The van der Waals surface area contributed by atoms with E-state index in [1.54, 1.807) is 12.1 Å². The van der Waals surface area contributed by atoms with Gasteiger partial charge in [0.1, 0.15) is 18.2 Å². The Bertz CT molecular complexity index is 564. The van der Waals surface area contributed by atoms with Crippen LogP contribution in [0.15, 0.2) is 35.7 Å². The van der Waals surface area contributed by atoms with Crippen LogP contribution in [0.25, 0.3) is 0 Å². The van der Waals surface area contributed by atoms with Crippen molar-refractivity contribution in [1.29, 1.82) is 10.5 Å². The minimum absolute atomic E-state index is 0.0123. The highest BCUT2D eigenvalue weighted by molar-refractivity contribution is 6.30. The van der Waals surface area contributed by atoms with Crippen LogP contribution in [0.2, 0.25) is 5.02 Å². The number of likely N-dealkylation sites (N-methyl/N-ethyl adjacent to an activating group) is 1. The number of halogens is 1. The van der Waals surface area contributed by atoms with Gasteiger partial charge in [-0.25, -0.2) is 0 Å². The summed E-state index contributed by atoms with van der Waals surface area (Å²) in [4.78, 5) is 1.89. The third kappa shape index (κ3) is 2.65. The smallest absolute Gasteiger partial charge is 0.219 e. The molecule has 1 atom stereocenters. The van der Waals surface area contributed by atoms with Crippen LogP contribution in [0.5, 0.6) is 0 Å². The predicted octanol–water partition coefficient (Wildman–Crippen LogP) is 2.99. The first kappa shape index (κ1) is 13.3. The number of nitrogens with zero attached hydrogens (tertiary/aromatic N) is 3. The third-order valence-electron chi connectivity index (χ3n) is 2.99. The topological polar surface area (TPSA) is 60.0 Å². The van der Waals surface area contributed by atoms with Crippen LogP contribution in [-0.2, 0) is 4.74 Å². The average molecular weight is 274 g/mol. The molecule has 1 fully saturated rings. The summed E-state index contributed by atoms with van der Waals surface area (Å²) in [5.41, 5.74) is 0.992. The lowest BCUT2D eigenvalue weighted by molar-refractivity contribution is 0.161. The quantitative estimate of drug-likeness (QED) is 0.777. The molecule has 1 aromatic rings. The lowest BCUT2D eigenvalue weighted by Crippen LogP contribution is -2.19. The van der Waals surface area contributed by atoms with Crippen LogP contribution in [0.1, 0.15) is 18.6 Å². The Labute approximate surface area is 117 Å². The van der Waals surface area contributed by atoms with E-state index in [9.17, 15) is 0 Å². The van der Waals surface area contributed by atoms with E-state index in [-0.39, 0.29) is 11.7 Å². The number of hydrogen-bond acceptors (Lipinski definition) is 4. The lowest BCUT2D eigenvalue weighted by Gasteiger charge is -2.13. The van der Waals surface area contributed by atoms with Gasteiger partial charge >= 0.3 is 0 Å². The molecule has 5 heteroatoms. The second-order valence-electron chi connectivity index (χ2n) is 4.10. The maximum atomic E-state index is 8.94. The van der Waals surface area contributed by atoms with Crippen LogP contribution in [0, 0.1) is 22.7 Å². The zero-order valence-electron chi connectivity index (χ0n) is 10.4. The number of hydrogen-bond donors (Lipinski definition) is 0. The molecule has 96 valence electrons. The van der Waals surface area contributed by atoms with Crippen molar-refractivity contribution in [1.82, 2.24) is 4.90 Å². The molecule has 4 nitrogen and oxygen atoms in total. The SMILES string of the molecule is CCN1CC(c2ccc(Cl)cc2)OC1=C(C#N)C#N. The van der Waals surface area contributed by atoms with Gasteiger partial charge in [-0.15, -0.1) is 0 Å². The summed E-state index contributed by atoms with van der Waals surface area (Å²) < 4.78 is 5.75. The van der Waals surface area contributed by atoms with Crippen molar-refractivity contribution in [3.05, 3.63) is 46.3 Å². The molecule has 0 saturated carbocycles. The van der Waals surface area contributed by atoms with E-state index in [0.29, 0.717) is 24.0 Å². The molecular weight excluding hydrogens is 262 g/mol. The first-order valence-corrected chi connectivity index (χ1v) is 6.29. The van der Waals surface area contributed by atoms with Gasteiger partial charge in [-0.3, -0.25) is 0 Å². The fourth-order valence-electron chi connectivity index (χ4n) is 1.99. The van der Waals surface area contributed by atoms with Gasteiger partial charge in [0.15, 0.2) is 5.57 Å². The molecular formula is C14H12ClN3O. The minimum atomic E-state index is -0.177. The molecule has 19 heavy (non-hydrogen) atoms. The molecule has 1 aliphatic rings. The number of ether oxygens (including phenoxy) is 1. The highest BCUT2D eigenvalue weighted by Crippen LogP contribution is 2.32. The van der Waals surface area contributed by atoms with Gasteiger partial charge in [-0.1, -0.05) is 23.7 Å². The number of allylic oxidation sites excluding steroid dienone is 1. The van der Waals surface area contributed by atoms with Gasteiger partial charge in [0.05, 0.1) is 6.54 Å². The van der Waals surface area contributed by atoms with Crippen LogP contribution >= 0.6 is 11.6 Å². The molecule has 1 saturated heterocycles. The Morgan fingerprint density at radius 1 is 1.37 bits per heavy atom. The number of nitriles is 2. The van der Waals surface area contributed by atoms with Crippen molar-refractivity contribution < 1.29 is 4.74 Å². The highest BCUT2D eigenvalue weighted by atomic mass is 35.5. The first-order chi connectivity index (χ1) is 9.19. The van der Waals surface area contributed by atoms with E-state index >= 15 is 0 Å². The summed E-state index contributed by atoms with van der Waals surface area (Å²) in [6, 6.07) is 11.1. The summed E-state index contributed by atoms with van der Waals surface area (Å²) in [5.74, 6) is 0.368. The molecule has 0 amide bonds. The van der Waals surface area contributed by atoms with E-state index in [2.05, 4.69) is 0 Å². The van der Waals surface area contributed by atoms with Gasteiger partial charge in [-0.2, -0.15) is 10.5 Å². The van der Waals surface area contributed by atoms with Crippen LogP contribution < -0.4 is 0 Å². The maximum Gasteiger partial charge on any atom is 0.219 e. The highest BCUT2D eigenvalue weighted by Gasteiger charge is 2.31. The van der Waals surface area contributed by atoms with Crippen molar-refractivity contribution in [3.63, 3.8) is 0 Å². The Balaban J connectivity index is 2.30. The average Bonchev–Trinajstić information content (AvgIpc) is 2.85. The molecule has 0 spiro atoms. The normalized spacial score (nSPS) is 17.6. The van der Waals surface area contributed by atoms with E-state index in [1.807, 2.05) is 36.1 Å². The Hall–Kier alpha value is -2.17. The summed E-state index contributed by atoms with van der Waals surface area (Å²) >= 11 is 5.85. The van der Waals surface area contributed by atoms with E-state index in [0.717, 1.165) is 5.56 Å². The number of rotatable bonds is 2. The van der Waals surface area contributed by atoms with E-state index in [1.165, 1.54) is 0 Å². The van der Waals surface area contributed by atoms with E-state index in [4.69, 9.17) is 26.9 Å².